The molecule has 1 spiro atoms. The predicted molar refractivity (Wildman–Crippen MR) is 144 cm³/mol. The molecule has 5 nitrogen and oxygen atoms in total. The zero-order chi connectivity index (χ0) is 25.5. The molecule has 0 amide bonds. The number of hydrogen-bond donors (Lipinski definition) is 4. The van der Waals surface area contributed by atoms with Crippen molar-refractivity contribution in [2.45, 2.75) is 5.41 Å². The number of anilines is 3. The maximum atomic E-state index is 10.8. The van der Waals surface area contributed by atoms with E-state index in [2.05, 4.69) is 0 Å². The van der Waals surface area contributed by atoms with Crippen LogP contribution in [0.1, 0.15) is 22.3 Å². The highest BCUT2D eigenvalue weighted by molar-refractivity contribution is 6.30. The lowest BCUT2D eigenvalue weighted by Crippen LogP contribution is -2.36. The van der Waals surface area contributed by atoms with Crippen molar-refractivity contribution in [1.82, 2.24) is 0 Å². The zero-order valence-corrected chi connectivity index (χ0v) is 20.1. The number of phenols is 4. The van der Waals surface area contributed by atoms with Crippen molar-refractivity contribution in [2.24, 2.45) is 0 Å². The molecule has 1 atom stereocenters. The molecular weight excluding hydrogens is 486 g/mol. The van der Waals surface area contributed by atoms with E-state index in [1.165, 1.54) is 0 Å². The van der Waals surface area contributed by atoms with Crippen LogP contribution in [-0.2, 0) is 5.41 Å². The van der Waals surface area contributed by atoms with Crippen molar-refractivity contribution >= 4 is 28.7 Å². The molecule has 0 fully saturated rings. The summed E-state index contributed by atoms with van der Waals surface area (Å²) in [6.07, 6.45) is 0. The summed E-state index contributed by atoms with van der Waals surface area (Å²) < 4.78 is 0. The number of rotatable bonds is 1. The third kappa shape index (κ3) is 2.74. The molecule has 5 aromatic carbocycles. The second kappa shape index (κ2) is 7.45. The van der Waals surface area contributed by atoms with Crippen molar-refractivity contribution in [3.63, 3.8) is 0 Å². The minimum Gasteiger partial charge on any atom is -0.504 e. The number of benzene rings is 5. The van der Waals surface area contributed by atoms with Gasteiger partial charge in [0.25, 0.3) is 0 Å². The molecule has 1 aliphatic heterocycles. The van der Waals surface area contributed by atoms with Gasteiger partial charge in [-0.3, -0.25) is 0 Å². The van der Waals surface area contributed by atoms with Crippen LogP contribution in [0.5, 0.6) is 23.0 Å². The Hall–Kier alpha value is -4.61. The average Bonchev–Trinajstić information content (AvgIpc) is 3.17. The summed E-state index contributed by atoms with van der Waals surface area (Å²) in [4.78, 5) is 2.03. The van der Waals surface area contributed by atoms with Crippen molar-refractivity contribution in [1.29, 1.82) is 0 Å². The number of para-hydroxylation sites is 1. The van der Waals surface area contributed by atoms with E-state index < -0.39 is 5.41 Å². The Morgan fingerprint density at radius 1 is 0.514 bits per heavy atom. The number of fused-ring (bicyclic) bond motifs is 9. The van der Waals surface area contributed by atoms with E-state index >= 15 is 0 Å². The second-order valence-corrected chi connectivity index (χ2v) is 9.81. The third-order valence-corrected chi connectivity index (χ3v) is 7.76. The number of aromatic hydroxyl groups is 4. The molecule has 5 aromatic rings. The molecule has 1 heterocycles. The lowest BCUT2D eigenvalue weighted by atomic mass is 9.64. The topological polar surface area (TPSA) is 84.2 Å². The first-order chi connectivity index (χ1) is 17.9. The summed E-state index contributed by atoms with van der Waals surface area (Å²) in [7, 11) is 0. The van der Waals surface area contributed by atoms with Crippen LogP contribution >= 0.6 is 11.6 Å². The molecule has 0 bridgehead atoms. The molecule has 4 N–H and O–H groups in total. The molecule has 0 saturated heterocycles. The summed E-state index contributed by atoms with van der Waals surface area (Å²) in [6, 6.07) is 29.7. The van der Waals surface area contributed by atoms with Crippen LogP contribution in [0.15, 0.2) is 97.1 Å². The first-order valence-electron chi connectivity index (χ1n) is 11.8. The van der Waals surface area contributed by atoms with E-state index in [-0.39, 0.29) is 23.0 Å². The predicted octanol–water partition coefficient (Wildman–Crippen LogP) is 7.31. The van der Waals surface area contributed by atoms with Crippen LogP contribution in [0.3, 0.4) is 0 Å². The fraction of sp³-hybridized carbons (Fsp3) is 0.0323. The first-order valence-corrected chi connectivity index (χ1v) is 12.2. The molecule has 180 valence electrons. The maximum absolute atomic E-state index is 10.8. The number of hydrogen-bond acceptors (Lipinski definition) is 5. The monoisotopic (exact) mass is 505 g/mol. The van der Waals surface area contributed by atoms with Gasteiger partial charge in [0.05, 0.1) is 16.8 Å². The zero-order valence-electron chi connectivity index (χ0n) is 19.4. The molecule has 7 rings (SSSR count). The van der Waals surface area contributed by atoms with E-state index in [4.69, 9.17) is 11.6 Å². The Morgan fingerprint density at radius 2 is 1.11 bits per heavy atom. The van der Waals surface area contributed by atoms with Gasteiger partial charge in [-0.1, -0.05) is 54.1 Å². The number of halogens is 1. The highest BCUT2D eigenvalue weighted by Crippen LogP contribution is 2.65. The second-order valence-electron chi connectivity index (χ2n) is 9.37. The van der Waals surface area contributed by atoms with Gasteiger partial charge in [0.15, 0.2) is 23.0 Å². The lowest BCUT2D eigenvalue weighted by Gasteiger charge is -2.45. The fourth-order valence-corrected chi connectivity index (χ4v) is 6.19. The molecule has 0 radical (unpaired) electrons. The van der Waals surface area contributed by atoms with E-state index in [1.807, 2.05) is 77.7 Å². The maximum Gasteiger partial charge on any atom is 0.159 e. The van der Waals surface area contributed by atoms with Gasteiger partial charge in [0, 0.05) is 16.8 Å². The molecule has 1 aliphatic carbocycles. The summed E-state index contributed by atoms with van der Waals surface area (Å²) in [5.41, 5.74) is 6.54. The van der Waals surface area contributed by atoms with Gasteiger partial charge in [0.1, 0.15) is 0 Å². The first kappa shape index (κ1) is 21.7. The van der Waals surface area contributed by atoms with Gasteiger partial charge in [-0.15, -0.1) is 0 Å². The molecule has 2 aliphatic rings. The van der Waals surface area contributed by atoms with Crippen molar-refractivity contribution in [2.75, 3.05) is 4.90 Å². The van der Waals surface area contributed by atoms with Crippen molar-refractivity contribution in [3.8, 4) is 34.1 Å². The lowest BCUT2D eigenvalue weighted by molar-refractivity contribution is 0.401. The van der Waals surface area contributed by atoms with Crippen LogP contribution in [0.4, 0.5) is 17.1 Å². The smallest absolute Gasteiger partial charge is 0.159 e. The molecule has 1 unspecified atom stereocenters. The van der Waals surface area contributed by atoms with Gasteiger partial charge in [-0.05, 0) is 81.9 Å². The van der Waals surface area contributed by atoms with E-state index in [1.54, 1.807) is 24.3 Å². The Kier molecular flexibility index (Phi) is 4.36. The van der Waals surface area contributed by atoms with E-state index in [9.17, 15) is 20.4 Å². The minimum atomic E-state index is -0.933. The Bertz CT molecular complexity index is 1750. The highest BCUT2D eigenvalue weighted by Gasteiger charge is 2.52. The largest absolute Gasteiger partial charge is 0.504 e. The van der Waals surface area contributed by atoms with Crippen LogP contribution < -0.4 is 4.90 Å². The van der Waals surface area contributed by atoms with Crippen molar-refractivity contribution in [3.05, 3.63) is 124 Å². The van der Waals surface area contributed by atoms with Gasteiger partial charge in [-0.25, -0.2) is 0 Å². The standard InChI is InChI=1S/C31H20ClNO4/c32-17-9-11-18(12-10-17)33-25-8-4-3-7-22(25)31(24-15-29(36)30(37)16-26(24)33)21-6-2-1-5-19(21)20-13-27(34)28(35)14-23(20)31/h1-16,34-37H. The van der Waals surface area contributed by atoms with Gasteiger partial charge >= 0.3 is 0 Å². The normalized spacial score (nSPS) is 16.7. The van der Waals surface area contributed by atoms with E-state index in [0.717, 1.165) is 44.8 Å². The van der Waals surface area contributed by atoms with Crippen LogP contribution in [0.2, 0.25) is 5.02 Å². The SMILES string of the molecule is Oc1cc2c(cc1O)C1(c3ccccc3-2)c2ccccc2N(c2ccc(Cl)cc2)c2cc(O)c(O)cc21. The van der Waals surface area contributed by atoms with Crippen molar-refractivity contribution < 1.29 is 20.4 Å². The average molecular weight is 506 g/mol. The number of nitrogens with zero attached hydrogens (tertiary/aromatic N) is 1. The van der Waals surface area contributed by atoms with Crippen LogP contribution in [0, 0.1) is 0 Å². The van der Waals surface area contributed by atoms with Gasteiger partial charge < -0.3 is 25.3 Å². The van der Waals surface area contributed by atoms with Crippen LogP contribution in [-0.4, -0.2) is 20.4 Å². The Balaban J connectivity index is 1.68. The molecule has 0 saturated carbocycles. The molecular formula is C31H20ClNO4. The highest BCUT2D eigenvalue weighted by atomic mass is 35.5. The Morgan fingerprint density at radius 3 is 1.86 bits per heavy atom. The molecule has 6 heteroatoms. The molecule has 0 aromatic heterocycles. The molecule has 37 heavy (non-hydrogen) atoms. The Labute approximate surface area is 217 Å². The minimum absolute atomic E-state index is 0.203. The third-order valence-electron chi connectivity index (χ3n) is 7.51. The number of phenolic OH excluding ortho intramolecular Hbond substituents is 4. The fourth-order valence-electron chi connectivity index (χ4n) is 6.06. The van der Waals surface area contributed by atoms with Gasteiger partial charge in [0.2, 0.25) is 0 Å². The quantitative estimate of drug-likeness (QED) is 0.176. The summed E-state index contributed by atoms with van der Waals surface area (Å²) in [5.74, 6) is -0.922. The summed E-state index contributed by atoms with van der Waals surface area (Å²) in [5, 5.41) is 43.2. The summed E-state index contributed by atoms with van der Waals surface area (Å²) in [6.45, 7) is 0. The summed E-state index contributed by atoms with van der Waals surface area (Å²) >= 11 is 6.20. The van der Waals surface area contributed by atoms with Crippen LogP contribution in [0.25, 0.3) is 11.1 Å². The van der Waals surface area contributed by atoms with Gasteiger partial charge in [-0.2, -0.15) is 0 Å². The van der Waals surface area contributed by atoms with E-state index in [0.29, 0.717) is 10.7 Å².